The smallest absolute Gasteiger partial charge is 0.241 e. The van der Waals surface area contributed by atoms with Crippen LogP contribution >= 0.6 is 0 Å². The first-order chi connectivity index (χ1) is 8.06. The summed E-state index contributed by atoms with van der Waals surface area (Å²) in [7, 11) is 0. The summed E-state index contributed by atoms with van der Waals surface area (Å²) in [5.74, 6) is 0.271. The predicted molar refractivity (Wildman–Crippen MR) is 66.5 cm³/mol. The summed E-state index contributed by atoms with van der Waals surface area (Å²) in [5.41, 5.74) is 0.229. The van der Waals surface area contributed by atoms with Crippen LogP contribution in [-0.2, 0) is 9.53 Å². The van der Waals surface area contributed by atoms with E-state index in [1.54, 1.807) is 0 Å². The van der Waals surface area contributed by atoms with Gasteiger partial charge in [0.2, 0.25) is 5.91 Å². The first-order valence-electron chi connectivity index (χ1n) is 6.70. The standard InChI is InChI=1S/C13H24N2O2/c1-4-11-12(16)15(10(2)14-11)9-13(3)5-7-17-8-6-13/h10-11,14H,4-9H2,1-3H3. The molecule has 1 N–H and O–H groups in total. The lowest BCUT2D eigenvalue weighted by Crippen LogP contribution is -2.44. The van der Waals surface area contributed by atoms with E-state index in [9.17, 15) is 4.79 Å². The number of hydrogen-bond donors (Lipinski definition) is 1. The topological polar surface area (TPSA) is 41.6 Å². The highest BCUT2D eigenvalue weighted by Gasteiger charge is 2.39. The van der Waals surface area contributed by atoms with Crippen molar-refractivity contribution < 1.29 is 9.53 Å². The molecule has 0 aromatic heterocycles. The molecular formula is C13H24N2O2. The highest BCUT2D eigenvalue weighted by Crippen LogP contribution is 2.32. The Morgan fingerprint density at radius 3 is 2.65 bits per heavy atom. The van der Waals surface area contributed by atoms with E-state index in [0.29, 0.717) is 0 Å². The largest absolute Gasteiger partial charge is 0.381 e. The second-order valence-corrected chi connectivity index (χ2v) is 5.69. The maximum atomic E-state index is 12.2. The zero-order valence-electron chi connectivity index (χ0n) is 11.2. The van der Waals surface area contributed by atoms with Crippen molar-refractivity contribution in [2.45, 2.75) is 52.2 Å². The highest BCUT2D eigenvalue weighted by atomic mass is 16.5. The van der Waals surface area contributed by atoms with Crippen LogP contribution in [0.5, 0.6) is 0 Å². The lowest BCUT2D eigenvalue weighted by Gasteiger charge is -2.38. The average Bonchev–Trinajstić information content (AvgIpc) is 2.57. The fourth-order valence-corrected chi connectivity index (χ4v) is 2.78. The summed E-state index contributed by atoms with van der Waals surface area (Å²) in [6.07, 6.45) is 3.16. The Morgan fingerprint density at radius 2 is 2.12 bits per heavy atom. The van der Waals surface area contributed by atoms with Gasteiger partial charge < -0.3 is 9.64 Å². The summed E-state index contributed by atoms with van der Waals surface area (Å²) in [6.45, 7) is 8.93. The normalized spacial score (nSPS) is 33.1. The van der Waals surface area contributed by atoms with E-state index in [-0.39, 0.29) is 23.5 Å². The van der Waals surface area contributed by atoms with E-state index in [2.05, 4.69) is 26.1 Å². The molecule has 98 valence electrons. The molecular weight excluding hydrogens is 216 g/mol. The van der Waals surface area contributed by atoms with E-state index in [1.807, 2.05) is 4.90 Å². The van der Waals surface area contributed by atoms with Crippen molar-refractivity contribution >= 4 is 5.91 Å². The van der Waals surface area contributed by atoms with Gasteiger partial charge in [0.1, 0.15) is 0 Å². The molecule has 2 rings (SSSR count). The lowest BCUT2D eigenvalue weighted by molar-refractivity contribution is -0.132. The lowest BCUT2D eigenvalue weighted by atomic mass is 9.82. The number of carbonyl (C=O) groups is 1. The Balaban J connectivity index is 2.00. The minimum Gasteiger partial charge on any atom is -0.381 e. The Morgan fingerprint density at radius 1 is 1.47 bits per heavy atom. The third-order valence-electron chi connectivity index (χ3n) is 4.15. The average molecular weight is 240 g/mol. The van der Waals surface area contributed by atoms with Gasteiger partial charge in [-0.1, -0.05) is 13.8 Å². The third-order valence-corrected chi connectivity index (χ3v) is 4.15. The molecule has 0 saturated carbocycles. The van der Waals surface area contributed by atoms with Gasteiger partial charge in [-0.15, -0.1) is 0 Å². The molecule has 2 aliphatic rings. The molecule has 2 fully saturated rings. The Bertz CT molecular complexity index is 287. The molecule has 2 heterocycles. The molecule has 2 unspecified atom stereocenters. The summed E-state index contributed by atoms with van der Waals surface area (Å²) in [5, 5.41) is 3.36. The maximum absolute atomic E-state index is 12.2. The molecule has 0 radical (unpaired) electrons. The molecule has 2 aliphatic heterocycles. The number of nitrogens with zero attached hydrogens (tertiary/aromatic N) is 1. The number of nitrogens with one attached hydrogen (secondary N) is 1. The summed E-state index contributed by atoms with van der Waals surface area (Å²) >= 11 is 0. The molecule has 2 atom stereocenters. The van der Waals surface area contributed by atoms with Crippen molar-refractivity contribution in [2.75, 3.05) is 19.8 Å². The zero-order chi connectivity index (χ0) is 12.5. The van der Waals surface area contributed by atoms with Crippen molar-refractivity contribution in [3.05, 3.63) is 0 Å². The second kappa shape index (κ2) is 4.94. The molecule has 4 heteroatoms. The first-order valence-corrected chi connectivity index (χ1v) is 6.70. The van der Waals surface area contributed by atoms with Crippen molar-refractivity contribution in [3.63, 3.8) is 0 Å². The van der Waals surface area contributed by atoms with Crippen LogP contribution in [0.4, 0.5) is 0 Å². The van der Waals surface area contributed by atoms with E-state index in [4.69, 9.17) is 4.74 Å². The van der Waals surface area contributed by atoms with Crippen LogP contribution < -0.4 is 5.32 Å². The van der Waals surface area contributed by atoms with Crippen LogP contribution in [0.1, 0.15) is 40.0 Å². The number of ether oxygens (including phenoxy) is 1. The third kappa shape index (κ3) is 2.63. The van der Waals surface area contributed by atoms with E-state index in [0.717, 1.165) is 39.0 Å². The van der Waals surface area contributed by atoms with Crippen LogP contribution in [0.3, 0.4) is 0 Å². The van der Waals surface area contributed by atoms with E-state index >= 15 is 0 Å². The molecule has 17 heavy (non-hydrogen) atoms. The van der Waals surface area contributed by atoms with Gasteiger partial charge in [-0.2, -0.15) is 0 Å². The van der Waals surface area contributed by atoms with Gasteiger partial charge in [0.15, 0.2) is 0 Å². The van der Waals surface area contributed by atoms with Crippen LogP contribution in [0.2, 0.25) is 0 Å². The Kier molecular flexibility index (Phi) is 3.73. The van der Waals surface area contributed by atoms with Gasteiger partial charge in [0.25, 0.3) is 0 Å². The summed E-state index contributed by atoms with van der Waals surface area (Å²) in [6, 6.07) is 0.0217. The van der Waals surface area contributed by atoms with Gasteiger partial charge in [0, 0.05) is 19.8 Å². The Labute approximate surface area is 104 Å². The van der Waals surface area contributed by atoms with E-state index < -0.39 is 0 Å². The zero-order valence-corrected chi connectivity index (χ0v) is 11.2. The van der Waals surface area contributed by atoms with Crippen LogP contribution in [0.15, 0.2) is 0 Å². The van der Waals surface area contributed by atoms with Crippen LogP contribution in [0.25, 0.3) is 0 Å². The molecule has 0 spiro atoms. The molecule has 4 nitrogen and oxygen atoms in total. The monoisotopic (exact) mass is 240 g/mol. The number of carbonyl (C=O) groups excluding carboxylic acids is 1. The molecule has 0 aliphatic carbocycles. The highest BCUT2D eigenvalue weighted by molar-refractivity contribution is 5.84. The molecule has 0 aromatic rings. The van der Waals surface area contributed by atoms with Crippen LogP contribution in [-0.4, -0.2) is 42.8 Å². The van der Waals surface area contributed by atoms with Gasteiger partial charge in [0.05, 0.1) is 12.2 Å². The fourth-order valence-electron chi connectivity index (χ4n) is 2.78. The van der Waals surface area contributed by atoms with Crippen molar-refractivity contribution in [3.8, 4) is 0 Å². The van der Waals surface area contributed by atoms with Crippen molar-refractivity contribution in [1.82, 2.24) is 10.2 Å². The van der Waals surface area contributed by atoms with Crippen LogP contribution in [0, 0.1) is 5.41 Å². The summed E-state index contributed by atoms with van der Waals surface area (Å²) < 4.78 is 5.41. The number of amides is 1. The van der Waals surface area contributed by atoms with Gasteiger partial charge >= 0.3 is 0 Å². The van der Waals surface area contributed by atoms with Crippen molar-refractivity contribution in [2.24, 2.45) is 5.41 Å². The first kappa shape index (κ1) is 12.8. The number of hydrogen-bond acceptors (Lipinski definition) is 3. The van der Waals surface area contributed by atoms with Gasteiger partial charge in [-0.3, -0.25) is 10.1 Å². The fraction of sp³-hybridized carbons (Fsp3) is 0.923. The predicted octanol–water partition coefficient (Wildman–Crippen LogP) is 1.36. The quantitative estimate of drug-likeness (QED) is 0.810. The summed E-state index contributed by atoms with van der Waals surface area (Å²) in [4.78, 5) is 14.2. The van der Waals surface area contributed by atoms with Gasteiger partial charge in [-0.05, 0) is 31.6 Å². The number of rotatable bonds is 3. The molecule has 0 bridgehead atoms. The molecule has 0 aromatic carbocycles. The van der Waals surface area contributed by atoms with Gasteiger partial charge in [-0.25, -0.2) is 0 Å². The molecule has 2 saturated heterocycles. The minimum absolute atomic E-state index is 0.0217. The van der Waals surface area contributed by atoms with E-state index in [1.165, 1.54) is 0 Å². The van der Waals surface area contributed by atoms with Crippen molar-refractivity contribution in [1.29, 1.82) is 0 Å². The maximum Gasteiger partial charge on any atom is 0.241 e. The SMILES string of the molecule is CCC1NC(C)N(CC2(C)CCOCC2)C1=O. The second-order valence-electron chi connectivity index (χ2n) is 5.69. The Hall–Kier alpha value is -0.610. The minimum atomic E-state index is 0.0217. The molecule has 1 amide bonds.